The van der Waals surface area contributed by atoms with Crippen LogP contribution in [0.4, 0.5) is 0 Å². The molecular formula is C14H10ClNO5. The van der Waals surface area contributed by atoms with Crippen molar-refractivity contribution in [2.45, 2.75) is 6.54 Å². The molecule has 1 aromatic carbocycles. The number of methoxy groups -OCH3 is 1. The number of aromatic nitrogens is 1. The van der Waals surface area contributed by atoms with E-state index in [2.05, 4.69) is 4.74 Å². The fraction of sp³-hybridized carbons (Fsp3) is 0.143. The van der Waals surface area contributed by atoms with E-state index in [1.54, 1.807) is 18.2 Å². The second-order valence-corrected chi connectivity index (χ2v) is 4.80. The van der Waals surface area contributed by atoms with Crippen molar-refractivity contribution in [1.29, 1.82) is 0 Å². The van der Waals surface area contributed by atoms with Crippen molar-refractivity contribution in [2.75, 3.05) is 7.11 Å². The van der Waals surface area contributed by atoms with E-state index in [1.165, 1.54) is 24.0 Å². The molecule has 0 radical (unpaired) electrons. The number of fused-ring (bicyclic) bond motifs is 1. The summed E-state index contributed by atoms with van der Waals surface area (Å²) >= 11 is 5.85. The number of hydrogen-bond acceptors (Lipinski definition) is 5. The number of esters is 1. The van der Waals surface area contributed by atoms with Crippen LogP contribution in [0.25, 0.3) is 11.1 Å². The van der Waals surface area contributed by atoms with E-state index in [1.807, 2.05) is 0 Å². The Kier molecular flexibility index (Phi) is 3.31. The van der Waals surface area contributed by atoms with Gasteiger partial charge in [-0.3, -0.25) is 4.57 Å². The number of benzene rings is 1. The normalized spacial score (nSPS) is 11.0. The molecular weight excluding hydrogens is 298 g/mol. The standard InChI is InChI=1S/C14H10ClNO5/c1-19-13(17)8-4-10(20-7-8)6-16-11-3-2-9(15)5-12(11)21-14(16)18/h2-5,7H,6H2,1H3. The largest absolute Gasteiger partial charge is 0.467 e. The van der Waals surface area contributed by atoms with Crippen LogP contribution < -0.4 is 5.76 Å². The van der Waals surface area contributed by atoms with Crippen molar-refractivity contribution in [1.82, 2.24) is 4.57 Å². The third kappa shape index (κ3) is 2.45. The molecule has 3 rings (SSSR count). The van der Waals surface area contributed by atoms with Crippen molar-refractivity contribution in [3.63, 3.8) is 0 Å². The van der Waals surface area contributed by atoms with Gasteiger partial charge < -0.3 is 13.6 Å². The fourth-order valence-corrected chi connectivity index (χ4v) is 2.20. The number of carbonyl (C=O) groups is 1. The maximum atomic E-state index is 11.9. The van der Waals surface area contributed by atoms with Crippen LogP contribution in [0.3, 0.4) is 0 Å². The molecule has 2 heterocycles. The second kappa shape index (κ2) is 5.14. The van der Waals surface area contributed by atoms with Crippen LogP contribution in [-0.2, 0) is 11.3 Å². The molecule has 0 unspecified atom stereocenters. The lowest BCUT2D eigenvalue weighted by Gasteiger charge is -1.98. The molecule has 0 spiro atoms. The molecule has 21 heavy (non-hydrogen) atoms. The summed E-state index contributed by atoms with van der Waals surface area (Å²) in [6.45, 7) is 0.143. The average Bonchev–Trinajstić information content (AvgIpc) is 3.04. The lowest BCUT2D eigenvalue weighted by atomic mass is 10.3. The Morgan fingerprint density at radius 2 is 2.19 bits per heavy atom. The highest BCUT2D eigenvalue weighted by Crippen LogP contribution is 2.19. The Morgan fingerprint density at radius 3 is 2.95 bits per heavy atom. The minimum atomic E-state index is -0.525. The Balaban J connectivity index is 1.98. The summed E-state index contributed by atoms with van der Waals surface area (Å²) in [5.41, 5.74) is 1.28. The molecule has 108 valence electrons. The molecule has 0 aliphatic carbocycles. The molecule has 6 nitrogen and oxygen atoms in total. The molecule has 2 aromatic heterocycles. The van der Waals surface area contributed by atoms with Gasteiger partial charge in [0.05, 0.1) is 24.7 Å². The smallest absolute Gasteiger partial charge is 0.420 e. The van der Waals surface area contributed by atoms with E-state index in [-0.39, 0.29) is 12.1 Å². The third-order valence-electron chi connectivity index (χ3n) is 3.02. The van der Waals surface area contributed by atoms with Crippen molar-refractivity contribution >= 4 is 28.7 Å². The monoisotopic (exact) mass is 307 g/mol. The maximum absolute atomic E-state index is 11.9. The van der Waals surface area contributed by atoms with Crippen molar-refractivity contribution in [3.05, 3.63) is 57.4 Å². The van der Waals surface area contributed by atoms with Gasteiger partial charge in [-0.05, 0) is 18.2 Å². The summed E-state index contributed by atoms with van der Waals surface area (Å²) in [4.78, 5) is 23.2. The van der Waals surface area contributed by atoms with E-state index >= 15 is 0 Å². The zero-order valence-corrected chi connectivity index (χ0v) is 11.7. The summed E-state index contributed by atoms with van der Waals surface area (Å²) in [7, 11) is 1.28. The molecule has 0 saturated heterocycles. The molecule has 0 saturated carbocycles. The second-order valence-electron chi connectivity index (χ2n) is 4.36. The van der Waals surface area contributed by atoms with Gasteiger partial charge in [0.25, 0.3) is 0 Å². The molecule has 0 atom stereocenters. The van der Waals surface area contributed by atoms with Gasteiger partial charge in [0, 0.05) is 11.1 Å². The van der Waals surface area contributed by atoms with Gasteiger partial charge in [-0.2, -0.15) is 0 Å². The lowest BCUT2D eigenvalue weighted by Crippen LogP contribution is -2.14. The summed E-state index contributed by atoms with van der Waals surface area (Å²) in [5.74, 6) is -0.584. The van der Waals surface area contributed by atoms with Crippen LogP contribution in [0.2, 0.25) is 5.02 Å². The molecule has 0 fully saturated rings. The Labute approximate surface area is 123 Å². The number of ether oxygens (including phenoxy) is 1. The van der Waals surface area contributed by atoms with Crippen LogP contribution in [0, 0.1) is 0 Å². The number of hydrogen-bond donors (Lipinski definition) is 0. The summed E-state index contributed by atoms with van der Waals surface area (Å²) in [5, 5.41) is 0.481. The van der Waals surface area contributed by atoms with E-state index in [9.17, 15) is 9.59 Å². The van der Waals surface area contributed by atoms with Gasteiger partial charge in [-0.1, -0.05) is 11.6 Å². The number of rotatable bonds is 3. The quantitative estimate of drug-likeness (QED) is 0.695. The summed E-state index contributed by atoms with van der Waals surface area (Å²) in [6, 6.07) is 6.44. The third-order valence-corrected chi connectivity index (χ3v) is 3.25. The first kappa shape index (κ1) is 13.5. The predicted octanol–water partition coefficient (Wildman–Crippen LogP) is 2.68. The number of halogens is 1. The molecule has 7 heteroatoms. The minimum absolute atomic E-state index is 0.143. The highest BCUT2D eigenvalue weighted by atomic mass is 35.5. The Bertz CT molecular complexity index is 873. The first-order valence-corrected chi connectivity index (χ1v) is 6.41. The summed E-state index contributed by atoms with van der Waals surface area (Å²) in [6.07, 6.45) is 1.28. The Hall–Kier alpha value is -2.47. The highest BCUT2D eigenvalue weighted by Gasteiger charge is 2.14. The SMILES string of the molecule is COC(=O)c1coc(Cn2c(=O)oc3cc(Cl)ccc32)c1. The van der Waals surface area contributed by atoms with Gasteiger partial charge in [-0.15, -0.1) is 0 Å². The molecule has 0 aliphatic heterocycles. The predicted molar refractivity (Wildman–Crippen MR) is 74.6 cm³/mol. The molecule has 0 aliphatic rings. The van der Waals surface area contributed by atoms with E-state index in [4.69, 9.17) is 20.4 Å². The van der Waals surface area contributed by atoms with Crippen LogP contribution in [0.1, 0.15) is 16.1 Å². The number of furan rings is 1. The first-order valence-electron chi connectivity index (χ1n) is 6.03. The molecule has 3 aromatic rings. The van der Waals surface area contributed by atoms with Crippen LogP contribution in [-0.4, -0.2) is 17.6 Å². The van der Waals surface area contributed by atoms with Gasteiger partial charge in [0.15, 0.2) is 5.58 Å². The van der Waals surface area contributed by atoms with Crippen LogP contribution >= 0.6 is 11.6 Å². The van der Waals surface area contributed by atoms with Crippen LogP contribution in [0.5, 0.6) is 0 Å². The molecule has 0 amide bonds. The van der Waals surface area contributed by atoms with E-state index < -0.39 is 11.7 Å². The average molecular weight is 308 g/mol. The topological polar surface area (TPSA) is 74.6 Å². The van der Waals surface area contributed by atoms with Crippen LogP contribution in [0.15, 0.2) is 44.2 Å². The van der Waals surface area contributed by atoms with Gasteiger partial charge in [0.2, 0.25) is 0 Å². The first-order chi connectivity index (χ1) is 10.1. The molecule has 0 bridgehead atoms. The zero-order valence-electron chi connectivity index (χ0n) is 11.0. The highest BCUT2D eigenvalue weighted by molar-refractivity contribution is 6.31. The number of carbonyl (C=O) groups excluding carboxylic acids is 1. The maximum Gasteiger partial charge on any atom is 0.420 e. The minimum Gasteiger partial charge on any atom is -0.467 e. The van der Waals surface area contributed by atoms with Gasteiger partial charge in [-0.25, -0.2) is 9.59 Å². The number of oxazole rings is 1. The lowest BCUT2D eigenvalue weighted by molar-refractivity contribution is 0.0600. The summed E-state index contributed by atoms with van der Waals surface area (Å²) < 4.78 is 16.4. The Morgan fingerprint density at radius 1 is 1.38 bits per heavy atom. The van der Waals surface area contributed by atoms with Crippen molar-refractivity contribution < 1.29 is 18.4 Å². The van der Waals surface area contributed by atoms with E-state index in [0.29, 0.717) is 21.9 Å². The number of nitrogens with zero attached hydrogens (tertiary/aromatic N) is 1. The van der Waals surface area contributed by atoms with Gasteiger partial charge >= 0.3 is 11.7 Å². The van der Waals surface area contributed by atoms with Crippen molar-refractivity contribution in [3.8, 4) is 0 Å². The molecule has 0 N–H and O–H groups in total. The zero-order chi connectivity index (χ0) is 15.0. The van der Waals surface area contributed by atoms with E-state index in [0.717, 1.165) is 0 Å². The van der Waals surface area contributed by atoms with Gasteiger partial charge in [0.1, 0.15) is 12.0 Å². The fourth-order valence-electron chi connectivity index (χ4n) is 2.03. The van der Waals surface area contributed by atoms with Crippen molar-refractivity contribution in [2.24, 2.45) is 0 Å².